The van der Waals surface area contributed by atoms with Crippen molar-refractivity contribution in [2.24, 2.45) is 0 Å². The fraction of sp³-hybridized carbons (Fsp3) is 0.929. The van der Waals surface area contributed by atoms with E-state index in [-0.39, 0.29) is 6.54 Å². The SMILES string of the molecule is CCCCCCCCCCCCCCCCCC(=O)ON(CCCCCCCCC)C(=O)O. The van der Waals surface area contributed by atoms with Gasteiger partial charge in [-0.3, -0.25) is 0 Å². The van der Waals surface area contributed by atoms with E-state index < -0.39 is 12.1 Å². The first-order chi connectivity index (χ1) is 16.1. The molecule has 5 nitrogen and oxygen atoms in total. The Labute approximate surface area is 205 Å². The number of hydrogen-bond acceptors (Lipinski definition) is 3. The molecule has 0 atom stereocenters. The number of rotatable bonds is 24. The third kappa shape index (κ3) is 23.7. The van der Waals surface area contributed by atoms with Crippen molar-refractivity contribution < 1.29 is 19.5 Å². The van der Waals surface area contributed by atoms with Crippen LogP contribution in [0.5, 0.6) is 0 Å². The third-order valence-electron chi connectivity index (χ3n) is 6.37. The molecule has 0 bridgehead atoms. The zero-order valence-corrected chi connectivity index (χ0v) is 22.1. The largest absolute Gasteiger partial charge is 0.463 e. The van der Waals surface area contributed by atoms with Crippen molar-refractivity contribution in [3.05, 3.63) is 0 Å². The summed E-state index contributed by atoms with van der Waals surface area (Å²) in [5.41, 5.74) is 0. The molecule has 5 heteroatoms. The van der Waals surface area contributed by atoms with Crippen LogP contribution in [-0.4, -0.2) is 28.8 Å². The molecule has 0 saturated carbocycles. The molecule has 0 radical (unpaired) electrons. The van der Waals surface area contributed by atoms with Crippen molar-refractivity contribution >= 4 is 12.1 Å². The van der Waals surface area contributed by atoms with E-state index in [1.54, 1.807) is 0 Å². The van der Waals surface area contributed by atoms with Gasteiger partial charge in [-0.25, -0.2) is 9.59 Å². The van der Waals surface area contributed by atoms with E-state index in [1.165, 1.54) is 103 Å². The lowest BCUT2D eigenvalue weighted by Gasteiger charge is -2.17. The second-order valence-electron chi connectivity index (χ2n) is 9.67. The Hall–Kier alpha value is -1.26. The van der Waals surface area contributed by atoms with Crippen LogP contribution in [-0.2, 0) is 9.63 Å². The van der Waals surface area contributed by atoms with Gasteiger partial charge in [-0.1, -0.05) is 142 Å². The van der Waals surface area contributed by atoms with Gasteiger partial charge in [-0.05, 0) is 12.8 Å². The molecule has 0 spiro atoms. The highest BCUT2D eigenvalue weighted by Crippen LogP contribution is 2.14. The molecule has 196 valence electrons. The predicted octanol–water partition coefficient (Wildman–Crippen LogP) is 9.44. The van der Waals surface area contributed by atoms with Gasteiger partial charge in [0.1, 0.15) is 0 Å². The van der Waals surface area contributed by atoms with Crippen molar-refractivity contribution in [3.8, 4) is 0 Å². The van der Waals surface area contributed by atoms with Crippen LogP contribution < -0.4 is 0 Å². The number of carboxylic acid groups (broad SMARTS) is 1. The van der Waals surface area contributed by atoms with Gasteiger partial charge in [-0.2, -0.15) is 0 Å². The number of amides is 1. The summed E-state index contributed by atoms with van der Waals surface area (Å²) >= 11 is 0. The highest BCUT2D eigenvalue weighted by molar-refractivity contribution is 5.72. The average Bonchev–Trinajstić information content (AvgIpc) is 2.80. The van der Waals surface area contributed by atoms with Crippen LogP contribution in [0.4, 0.5) is 4.79 Å². The summed E-state index contributed by atoms with van der Waals surface area (Å²) in [6.07, 6.45) is 26.1. The standard InChI is InChI=1S/C28H55NO4/c1-3-5-7-9-11-12-13-14-15-16-17-18-19-21-23-25-27(30)33-29(28(31)32)26-24-22-20-10-8-6-4-2/h3-26H2,1-2H3,(H,31,32). The minimum Gasteiger partial charge on any atom is -0.463 e. The fourth-order valence-electron chi connectivity index (χ4n) is 4.20. The zero-order valence-electron chi connectivity index (χ0n) is 22.1. The van der Waals surface area contributed by atoms with Crippen LogP contribution in [0.25, 0.3) is 0 Å². The van der Waals surface area contributed by atoms with Gasteiger partial charge in [0.05, 0.1) is 6.54 Å². The molecule has 0 rings (SSSR count). The number of nitrogens with zero attached hydrogens (tertiary/aromatic N) is 1. The first kappa shape index (κ1) is 31.7. The van der Waals surface area contributed by atoms with E-state index in [0.717, 1.165) is 43.6 Å². The van der Waals surface area contributed by atoms with Crippen LogP contribution >= 0.6 is 0 Å². The van der Waals surface area contributed by atoms with Gasteiger partial charge in [0, 0.05) is 6.42 Å². The van der Waals surface area contributed by atoms with Crippen molar-refractivity contribution in [1.82, 2.24) is 5.06 Å². The van der Waals surface area contributed by atoms with Crippen LogP contribution in [0, 0.1) is 0 Å². The summed E-state index contributed by atoms with van der Waals surface area (Å²) in [7, 11) is 0. The van der Waals surface area contributed by atoms with Gasteiger partial charge in [0.25, 0.3) is 0 Å². The van der Waals surface area contributed by atoms with Gasteiger partial charge >= 0.3 is 12.1 Å². The molecule has 1 amide bonds. The van der Waals surface area contributed by atoms with Crippen LogP contribution in [0.2, 0.25) is 0 Å². The highest BCUT2D eigenvalue weighted by atomic mass is 16.7. The van der Waals surface area contributed by atoms with Crippen molar-refractivity contribution in [1.29, 1.82) is 0 Å². The molecule has 0 aliphatic heterocycles. The highest BCUT2D eigenvalue weighted by Gasteiger charge is 2.16. The first-order valence-electron chi connectivity index (χ1n) is 14.3. The maximum Gasteiger partial charge on any atom is 0.440 e. The molecule has 1 N–H and O–H groups in total. The van der Waals surface area contributed by atoms with E-state index in [2.05, 4.69) is 13.8 Å². The molecule has 0 saturated heterocycles. The molecular weight excluding hydrogens is 414 g/mol. The summed E-state index contributed by atoms with van der Waals surface area (Å²) in [5, 5.41) is 10.1. The lowest BCUT2D eigenvalue weighted by atomic mass is 10.0. The summed E-state index contributed by atoms with van der Waals surface area (Å²) in [4.78, 5) is 28.3. The minimum atomic E-state index is -1.18. The molecule has 0 aliphatic rings. The molecule has 0 fully saturated rings. The minimum absolute atomic E-state index is 0.272. The second kappa shape index (κ2) is 25.4. The van der Waals surface area contributed by atoms with Crippen molar-refractivity contribution in [3.63, 3.8) is 0 Å². The average molecular weight is 470 g/mol. The van der Waals surface area contributed by atoms with E-state index in [9.17, 15) is 14.7 Å². The molecular formula is C28H55NO4. The van der Waals surface area contributed by atoms with Gasteiger partial charge in [0.15, 0.2) is 0 Å². The Morgan fingerprint density at radius 1 is 0.545 bits per heavy atom. The number of carbonyl (C=O) groups excluding carboxylic acids is 1. The molecule has 0 aliphatic carbocycles. The molecule has 0 aromatic carbocycles. The first-order valence-corrected chi connectivity index (χ1v) is 14.3. The summed E-state index contributed by atoms with van der Waals surface area (Å²) in [6.45, 7) is 4.73. The van der Waals surface area contributed by atoms with Crippen LogP contribution in [0.1, 0.15) is 162 Å². The molecule has 0 aromatic rings. The molecule has 33 heavy (non-hydrogen) atoms. The second-order valence-corrected chi connectivity index (χ2v) is 9.67. The molecule has 0 aromatic heterocycles. The Kier molecular flexibility index (Phi) is 24.4. The third-order valence-corrected chi connectivity index (χ3v) is 6.37. The Bertz CT molecular complexity index is 442. The van der Waals surface area contributed by atoms with Crippen LogP contribution in [0.3, 0.4) is 0 Å². The normalized spacial score (nSPS) is 11.0. The molecule has 0 unspecified atom stereocenters. The maximum absolute atomic E-state index is 12.0. The topological polar surface area (TPSA) is 66.8 Å². The summed E-state index contributed by atoms with van der Waals surface area (Å²) in [6, 6.07) is 0. The predicted molar refractivity (Wildman–Crippen MR) is 138 cm³/mol. The smallest absolute Gasteiger partial charge is 0.440 e. The lowest BCUT2D eigenvalue weighted by Crippen LogP contribution is -2.33. The van der Waals surface area contributed by atoms with Gasteiger partial charge in [-0.15, -0.1) is 5.06 Å². The van der Waals surface area contributed by atoms with E-state index >= 15 is 0 Å². The Balaban J connectivity index is 3.51. The van der Waals surface area contributed by atoms with E-state index in [1.807, 2.05) is 0 Å². The Morgan fingerprint density at radius 2 is 0.879 bits per heavy atom. The number of hydroxylamine groups is 2. The lowest BCUT2D eigenvalue weighted by molar-refractivity contribution is -0.180. The zero-order chi connectivity index (χ0) is 24.4. The van der Waals surface area contributed by atoms with Crippen LogP contribution in [0.15, 0.2) is 0 Å². The fourth-order valence-corrected chi connectivity index (χ4v) is 4.20. The van der Waals surface area contributed by atoms with Crippen molar-refractivity contribution in [2.45, 2.75) is 162 Å². The summed E-state index contributed by atoms with van der Waals surface area (Å²) in [5.74, 6) is -0.421. The van der Waals surface area contributed by atoms with Gasteiger partial charge in [0.2, 0.25) is 0 Å². The number of unbranched alkanes of at least 4 members (excludes halogenated alkanes) is 20. The number of carbonyl (C=O) groups is 2. The maximum atomic E-state index is 12.0. The monoisotopic (exact) mass is 469 g/mol. The van der Waals surface area contributed by atoms with E-state index in [4.69, 9.17) is 4.84 Å². The quantitative estimate of drug-likeness (QED) is 0.113. The van der Waals surface area contributed by atoms with Crippen molar-refractivity contribution in [2.75, 3.05) is 6.54 Å². The molecule has 0 heterocycles. The summed E-state index contributed by atoms with van der Waals surface area (Å²) < 4.78 is 0. The van der Waals surface area contributed by atoms with E-state index in [0.29, 0.717) is 6.42 Å². The Morgan fingerprint density at radius 3 is 1.24 bits per heavy atom. The number of hydrogen-bond donors (Lipinski definition) is 1. The van der Waals surface area contributed by atoms with Gasteiger partial charge < -0.3 is 9.94 Å².